The van der Waals surface area contributed by atoms with Crippen molar-refractivity contribution < 1.29 is 0 Å². The number of nitrogen functional groups attached to an aromatic ring is 1. The van der Waals surface area contributed by atoms with Crippen molar-refractivity contribution in [1.29, 1.82) is 0 Å². The smallest absolute Gasteiger partial charge is 0.133 e. The van der Waals surface area contributed by atoms with E-state index in [0.717, 1.165) is 18.9 Å². The first-order valence-corrected chi connectivity index (χ1v) is 6.83. The number of aromatic nitrogens is 1. The summed E-state index contributed by atoms with van der Waals surface area (Å²) < 4.78 is 0. The molecule has 1 aliphatic rings. The van der Waals surface area contributed by atoms with Gasteiger partial charge in [0.15, 0.2) is 0 Å². The van der Waals surface area contributed by atoms with Gasteiger partial charge in [0, 0.05) is 30.9 Å². The summed E-state index contributed by atoms with van der Waals surface area (Å²) in [4.78, 5) is 6.72. The lowest BCUT2D eigenvalue weighted by molar-refractivity contribution is 0.266. The minimum atomic E-state index is 0.438. The molecule has 0 aliphatic carbocycles. The lowest BCUT2D eigenvalue weighted by Crippen LogP contribution is -2.29. The van der Waals surface area contributed by atoms with Gasteiger partial charge in [-0.2, -0.15) is 0 Å². The molecule has 100 valence electrons. The Bertz CT molecular complexity index is 388. The summed E-state index contributed by atoms with van der Waals surface area (Å²) in [6.07, 6.45) is 1.24. The third-order valence-corrected chi connectivity index (χ3v) is 3.63. The summed E-state index contributed by atoms with van der Waals surface area (Å²) >= 11 is 5.87. The average molecular weight is 269 g/mol. The summed E-state index contributed by atoms with van der Waals surface area (Å²) in [6, 6.07) is 4.11. The molecule has 0 aromatic carbocycles. The largest absolute Gasteiger partial charge is 0.399 e. The summed E-state index contributed by atoms with van der Waals surface area (Å²) in [5.41, 5.74) is 6.38. The zero-order valence-corrected chi connectivity index (χ0v) is 11.7. The van der Waals surface area contributed by atoms with Gasteiger partial charge in [0.25, 0.3) is 0 Å². The molecule has 2 heterocycles. The van der Waals surface area contributed by atoms with Gasteiger partial charge in [0.05, 0.1) is 0 Å². The number of pyridine rings is 1. The molecule has 0 saturated carbocycles. The Balaban J connectivity index is 1.85. The van der Waals surface area contributed by atoms with E-state index < -0.39 is 0 Å². The summed E-state index contributed by atoms with van der Waals surface area (Å²) in [6.45, 7) is 7.76. The lowest BCUT2D eigenvalue weighted by Gasteiger charge is -2.20. The van der Waals surface area contributed by atoms with Crippen LogP contribution in [0.1, 0.15) is 20.3 Å². The number of hydrogen-bond donors (Lipinski definition) is 2. The molecule has 0 radical (unpaired) electrons. The first-order valence-electron chi connectivity index (χ1n) is 6.45. The maximum atomic E-state index is 5.87. The van der Waals surface area contributed by atoms with E-state index in [-0.39, 0.29) is 0 Å². The van der Waals surface area contributed by atoms with Crippen molar-refractivity contribution in [2.45, 2.75) is 26.3 Å². The molecule has 1 aromatic heterocycles. The predicted octanol–water partition coefficient (Wildman–Crippen LogP) is 2.46. The Labute approximate surface area is 114 Å². The standard InChI is InChI=1S/C13H21ClN4/c1-9(2)18-4-3-10(8-18)7-16-13-6-11(15)5-12(14)17-13/h5-6,9-10H,3-4,7-8H2,1-2H3,(H3,15,16,17). The minimum absolute atomic E-state index is 0.438. The van der Waals surface area contributed by atoms with Gasteiger partial charge in [0.2, 0.25) is 0 Å². The van der Waals surface area contributed by atoms with Crippen molar-refractivity contribution in [1.82, 2.24) is 9.88 Å². The molecule has 1 aromatic rings. The van der Waals surface area contributed by atoms with Crippen LogP contribution >= 0.6 is 11.6 Å². The number of rotatable bonds is 4. The first kappa shape index (κ1) is 13.4. The third-order valence-electron chi connectivity index (χ3n) is 3.44. The number of halogens is 1. The third kappa shape index (κ3) is 3.50. The van der Waals surface area contributed by atoms with E-state index in [2.05, 4.69) is 29.0 Å². The highest BCUT2D eigenvalue weighted by molar-refractivity contribution is 6.29. The fourth-order valence-corrected chi connectivity index (χ4v) is 2.57. The van der Waals surface area contributed by atoms with Crippen LogP contribution in [0.3, 0.4) is 0 Å². The lowest BCUT2D eigenvalue weighted by atomic mass is 10.1. The summed E-state index contributed by atoms with van der Waals surface area (Å²) in [7, 11) is 0. The maximum Gasteiger partial charge on any atom is 0.133 e. The van der Waals surface area contributed by atoms with Crippen LogP contribution in [0.25, 0.3) is 0 Å². The number of nitrogens with zero attached hydrogens (tertiary/aromatic N) is 2. The highest BCUT2D eigenvalue weighted by Crippen LogP contribution is 2.20. The van der Waals surface area contributed by atoms with Crippen LogP contribution in [0, 0.1) is 5.92 Å². The van der Waals surface area contributed by atoms with Crippen LogP contribution in [0.2, 0.25) is 5.15 Å². The average Bonchev–Trinajstić information content (AvgIpc) is 2.73. The SMILES string of the molecule is CC(C)N1CCC(CNc2cc(N)cc(Cl)n2)C1. The number of hydrogen-bond acceptors (Lipinski definition) is 4. The molecule has 0 spiro atoms. The van der Waals surface area contributed by atoms with Crippen LogP contribution in [0.15, 0.2) is 12.1 Å². The van der Waals surface area contributed by atoms with E-state index >= 15 is 0 Å². The van der Waals surface area contributed by atoms with Crippen LogP contribution in [-0.4, -0.2) is 35.6 Å². The van der Waals surface area contributed by atoms with Crippen molar-refractivity contribution in [3.05, 3.63) is 17.3 Å². The van der Waals surface area contributed by atoms with Crippen molar-refractivity contribution in [3.63, 3.8) is 0 Å². The van der Waals surface area contributed by atoms with Crippen molar-refractivity contribution >= 4 is 23.1 Å². The number of nitrogens with two attached hydrogens (primary N) is 1. The molecule has 1 fully saturated rings. The van der Waals surface area contributed by atoms with E-state index in [4.69, 9.17) is 17.3 Å². The van der Waals surface area contributed by atoms with Crippen LogP contribution in [0.5, 0.6) is 0 Å². The van der Waals surface area contributed by atoms with E-state index in [0.29, 0.717) is 22.8 Å². The molecular formula is C13H21ClN4. The van der Waals surface area contributed by atoms with E-state index in [1.165, 1.54) is 13.0 Å². The molecule has 5 heteroatoms. The monoisotopic (exact) mass is 268 g/mol. The van der Waals surface area contributed by atoms with Crippen molar-refractivity contribution in [2.24, 2.45) is 5.92 Å². The van der Waals surface area contributed by atoms with Gasteiger partial charge >= 0.3 is 0 Å². The van der Waals surface area contributed by atoms with Gasteiger partial charge in [-0.3, -0.25) is 0 Å². The zero-order chi connectivity index (χ0) is 13.1. The molecule has 3 N–H and O–H groups in total. The topological polar surface area (TPSA) is 54.2 Å². The molecule has 18 heavy (non-hydrogen) atoms. The van der Waals surface area contributed by atoms with Gasteiger partial charge < -0.3 is 16.0 Å². The molecule has 0 amide bonds. The Kier molecular flexibility index (Phi) is 4.30. The Hall–Kier alpha value is -1.00. The van der Waals surface area contributed by atoms with Crippen molar-refractivity contribution in [3.8, 4) is 0 Å². The van der Waals surface area contributed by atoms with Gasteiger partial charge in [-0.05, 0) is 38.8 Å². The van der Waals surface area contributed by atoms with E-state index in [1.54, 1.807) is 6.07 Å². The molecule has 1 atom stereocenters. The maximum absolute atomic E-state index is 5.87. The second-order valence-electron chi connectivity index (χ2n) is 5.23. The number of likely N-dealkylation sites (tertiary alicyclic amines) is 1. The quantitative estimate of drug-likeness (QED) is 0.824. The second kappa shape index (κ2) is 5.76. The molecule has 1 unspecified atom stereocenters. The Morgan fingerprint density at radius 2 is 2.33 bits per heavy atom. The molecule has 1 saturated heterocycles. The predicted molar refractivity (Wildman–Crippen MR) is 77.0 cm³/mol. The number of nitrogens with one attached hydrogen (secondary N) is 1. The molecule has 1 aliphatic heterocycles. The minimum Gasteiger partial charge on any atom is -0.399 e. The number of anilines is 2. The molecule has 2 rings (SSSR count). The van der Waals surface area contributed by atoms with Gasteiger partial charge in [-0.25, -0.2) is 4.98 Å². The van der Waals surface area contributed by atoms with Gasteiger partial charge in [0.1, 0.15) is 11.0 Å². The Morgan fingerprint density at radius 3 is 2.94 bits per heavy atom. The van der Waals surface area contributed by atoms with E-state index in [1.807, 2.05) is 6.07 Å². The van der Waals surface area contributed by atoms with E-state index in [9.17, 15) is 0 Å². The molecule has 4 nitrogen and oxygen atoms in total. The summed E-state index contributed by atoms with van der Waals surface area (Å²) in [5.74, 6) is 1.44. The highest BCUT2D eigenvalue weighted by Gasteiger charge is 2.23. The fraction of sp³-hybridized carbons (Fsp3) is 0.615. The van der Waals surface area contributed by atoms with Gasteiger partial charge in [-0.15, -0.1) is 0 Å². The molecular weight excluding hydrogens is 248 g/mol. The van der Waals surface area contributed by atoms with Gasteiger partial charge in [-0.1, -0.05) is 11.6 Å². The second-order valence-corrected chi connectivity index (χ2v) is 5.62. The molecule has 0 bridgehead atoms. The van der Waals surface area contributed by atoms with Crippen LogP contribution < -0.4 is 11.1 Å². The Morgan fingerprint density at radius 1 is 1.56 bits per heavy atom. The van der Waals surface area contributed by atoms with Crippen molar-refractivity contribution in [2.75, 3.05) is 30.7 Å². The first-order chi connectivity index (χ1) is 8.54. The normalized spacial score (nSPS) is 20.6. The zero-order valence-electron chi connectivity index (χ0n) is 11.0. The fourth-order valence-electron chi connectivity index (χ4n) is 2.35. The van der Waals surface area contributed by atoms with Crippen LogP contribution in [-0.2, 0) is 0 Å². The highest BCUT2D eigenvalue weighted by atomic mass is 35.5. The summed E-state index contributed by atoms with van der Waals surface area (Å²) in [5, 5.41) is 3.76. The van der Waals surface area contributed by atoms with Crippen LogP contribution in [0.4, 0.5) is 11.5 Å².